The fourth-order valence-corrected chi connectivity index (χ4v) is 6.60. The zero-order valence-electron chi connectivity index (χ0n) is 15.6. The molecule has 0 spiro atoms. The van der Waals surface area contributed by atoms with Crippen LogP contribution in [-0.4, -0.2) is 16.7 Å². The highest BCUT2D eigenvalue weighted by molar-refractivity contribution is 8.17. The zero-order chi connectivity index (χ0) is 20.1. The number of hydrogen-bond acceptors (Lipinski definition) is 4. The minimum Gasteiger partial charge on any atom is -0.293 e. The van der Waals surface area contributed by atoms with Gasteiger partial charge in [-0.1, -0.05) is 103 Å². The van der Waals surface area contributed by atoms with E-state index in [1.807, 2.05) is 66.7 Å². The van der Waals surface area contributed by atoms with Gasteiger partial charge in [-0.2, -0.15) is 0 Å². The van der Waals surface area contributed by atoms with Crippen molar-refractivity contribution in [3.05, 3.63) is 108 Å². The molecule has 0 bridgehead atoms. The number of ketones is 2. The van der Waals surface area contributed by atoms with Crippen LogP contribution in [0.3, 0.4) is 0 Å². The molecule has 5 rings (SSSR count). The number of hydrogen-bond donors (Lipinski definition) is 0. The van der Waals surface area contributed by atoms with E-state index in [0.29, 0.717) is 12.0 Å². The predicted molar refractivity (Wildman–Crippen MR) is 113 cm³/mol. The Kier molecular flexibility index (Phi) is 4.07. The maximum Gasteiger partial charge on any atom is 0.257 e. The molecule has 142 valence electrons. The van der Waals surface area contributed by atoms with Crippen molar-refractivity contribution in [2.75, 3.05) is 0 Å². The molecule has 3 atom stereocenters. The van der Waals surface area contributed by atoms with Crippen LogP contribution in [0.5, 0.6) is 0 Å². The highest BCUT2D eigenvalue weighted by atomic mass is 32.2. The van der Waals surface area contributed by atoms with Gasteiger partial charge in [-0.25, -0.2) is 0 Å². The molecule has 0 aromatic heterocycles. The lowest BCUT2D eigenvalue weighted by molar-refractivity contribution is -0.140. The summed E-state index contributed by atoms with van der Waals surface area (Å²) in [5, 5.41) is -0.517. The fraction of sp³-hybridized carbons (Fsp3) is 0.160. The van der Waals surface area contributed by atoms with Gasteiger partial charge in [-0.3, -0.25) is 14.4 Å². The number of benzene rings is 3. The van der Waals surface area contributed by atoms with Crippen molar-refractivity contribution in [2.24, 2.45) is 5.41 Å². The van der Waals surface area contributed by atoms with E-state index in [1.54, 1.807) is 24.3 Å². The molecule has 3 aromatic rings. The van der Waals surface area contributed by atoms with Crippen molar-refractivity contribution >= 4 is 28.4 Å². The van der Waals surface area contributed by atoms with Crippen molar-refractivity contribution < 1.29 is 14.4 Å². The summed E-state index contributed by atoms with van der Waals surface area (Å²) in [6, 6.07) is 28.3. The molecule has 1 heterocycles. The van der Waals surface area contributed by atoms with Crippen LogP contribution < -0.4 is 0 Å². The number of carbonyl (C=O) groups is 3. The average molecular weight is 398 g/mol. The minimum absolute atomic E-state index is 0.0980. The van der Waals surface area contributed by atoms with E-state index in [1.165, 1.54) is 0 Å². The van der Waals surface area contributed by atoms with Crippen LogP contribution in [0.15, 0.2) is 91.0 Å². The third-order valence-electron chi connectivity index (χ3n) is 6.29. The molecule has 0 N–H and O–H groups in total. The lowest BCUT2D eigenvalue weighted by atomic mass is 9.46. The third-order valence-corrected chi connectivity index (χ3v) is 7.85. The van der Waals surface area contributed by atoms with Crippen LogP contribution in [0.1, 0.15) is 33.8 Å². The second-order valence-electron chi connectivity index (χ2n) is 7.59. The van der Waals surface area contributed by atoms with Crippen molar-refractivity contribution in [1.29, 1.82) is 0 Å². The largest absolute Gasteiger partial charge is 0.293 e. The molecule has 3 unspecified atom stereocenters. The molecule has 4 heteroatoms. The number of thioether (sulfide) groups is 1. The summed E-state index contributed by atoms with van der Waals surface area (Å²) in [7, 11) is 0. The maximum atomic E-state index is 13.8. The summed E-state index contributed by atoms with van der Waals surface area (Å²) in [5.74, 6) is -0.913. The predicted octanol–water partition coefficient (Wildman–Crippen LogP) is 4.78. The van der Waals surface area contributed by atoms with E-state index in [0.717, 1.165) is 22.9 Å². The van der Waals surface area contributed by atoms with Gasteiger partial charge in [0.1, 0.15) is 5.41 Å². The smallest absolute Gasteiger partial charge is 0.257 e. The molecule has 1 saturated heterocycles. The average Bonchev–Trinajstić information content (AvgIpc) is 2.94. The summed E-state index contributed by atoms with van der Waals surface area (Å²) >= 11 is 1.04. The Bertz CT molecular complexity index is 1110. The lowest BCUT2D eigenvalue weighted by Crippen LogP contribution is -2.62. The van der Waals surface area contributed by atoms with Gasteiger partial charge >= 0.3 is 0 Å². The third kappa shape index (κ3) is 2.29. The van der Waals surface area contributed by atoms with Crippen molar-refractivity contribution in [3.63, 3.8) is 0 Å². The Morgan fingerprint density at radius 1 is 0.793 bits per heavy atom. The summed E-state index contributed by atoms with van der Waals surface area (Å²) in [6.45, 7) is 0. The van der Waals surface area contributed by atoms with E-state index in [2.05, 4.69) is 0 Å². The van der Waals surface area contributed by atoms with Gasteiger partial charge in [0.25, 0.3) is 5.12 Å². The minimum atomic E-state index is -1.36. The molecular weight excluding hydrogens is 380 g/mol. The number of fused-ring (bicyclic) bond motifs is 1. The molecule has 3 nitrogen and oxygen atoms in total. The van der Waals surface area contributed by atoms with Gasteiger partial charge in [0.2, 0.25) is 5.78 Å². The summed E-state index contributed by atoms with van der Waals surface area (Å²) < 4.78 is -0.920. The Balaban J connectivity index is 1.75. The Morgan fingerprint density at radius 2 is 1.34 bits per heavy atom. The molecule has 29 heavy (non-hydrogen) atoms. The van der Waals surface area contributed by atoms with E-state index in [-0.39, 0.29) is 11.7 Å². The normalized spacial score (nSPS) is 27.9. The topological polar surface area (TPSA) is 51.2 Å². The highest BCUT2D eigenvalue weighted by Crippen LogP contribution is 2.75. The van der Waals surface area contributed by atoms with Gasteiger partial charge in [0.05, 0.1) is 4.75 Å². The van der Waals surface area contributed by atoms with Crippen LogP contribution in [-0.2, 0) is 14.3 Å². The number of rotatable bonds is 4. The molecule has 1 aliphatic heterocycles. The summed E-state index contributed by atoms with van der Waals surface area (Å²) in [6.07, 6.45) is 0.344. The quantitative estimate of drug-likeness (QED) is 0.360. The second kappa shape index (κ2) is 6.53. The fourth-order valence-electron chi connectivity index (χ4n) is 4.98. The molecule has 0 radical (unpaired) electrons. The Morgan fingerprint density at radius 3 is 1.97 bits per heavy atom. The van der Waals surface area contributed by atoms with Gasteiger partial charge in [-0.05, 0) is 17.5 Å². The SMILES string of the molecule is O=C1SC2(c3ccccc3)C(c3ccccc3)CC2(C(=O)c2ccccc2)C1=O. The zero-order valence-corrected chi connectivity index (χ0v) is 16.4. The first-order chi connectivity index (χ1) is 14.1. The molecule has 2 fully saturated rings. The highest BCUT2D eigenvalue weighted by Gasteiger charge is 2.79. The van der Waals surface area contributed by atoms with Crippen LogP contribution in [0.2, 0.25) is 0 Å². The van der Waals surface area contributed by atoms with Gasteiger partial charge in [-0.15, -0.1) is 0 Å². The first-order valence-electron chi connectivity index (χ1n) is 9.59. The standard InChI is InChI=1S/C25H18O3S/c26-21(18-12-6-2-7-13-18)24-16-20(17-10-4-1-5-11-17)25(24,29-23(28)22(24)27)19-14-8-3-9-15-19/h1-15,20H,16H2. The number of carbonyl (C=O) groups excluding carboxylic acids is 3. The van der Waals surface area contributed by atoms with E-state index in [9.17, 15) is 14.4 Å². The first kappa shape index (κ1) is 18.1. The van der Waals surface area contributed by atoms with E-state index < -0.39 is 21.1 Å². The lowest BCUT2D eigenvalue weighted by Gasteiger charge is -2.58. The van der Waals surface area contributed by atoms with E-state index in [4.69, 9.17) is 0 Å². The Hall–Kier alpha value is -2.98. The Labute approximate surface area is 173 Å². The maximum absolute atomic E-state index is 13.8. The summed E-state index contributed by atoms with van der Waals surface area (Å²) in [5.41, 5.74) is 1.01. The van der Waals surface area contributed by atoms with Crippen molar-refractivity contribution in [2.45, 2.75) is 17.1 Å². The molecule has 1 aliphatic carbocycles. The molecule has 2 aliphatic rings. The molecule has 3 aromatic carbocycles. The monoisotopic (exact) mass is 398 g/mol. The molecule has 0 amide bonds. The van der Waals surface area contributed by atoms with Crippen LogP contribution in [0, 0.1) is 5.41 Å². The van der Waals surface area contributed by atoms with Crippen LogP contribution in [0.25, 0.3) is 0 Å². The van der Waals surface area contributed by atoms with E-state index >= 15 is 0 Å². The second-order valence-corrected chi connectivity index (χ2v) is 8.81. The van der Waals surface area contributed by atoms with Gasteiger partial charge in [0, 0.05) is 11.5 Å². The summed E-state index contributed by atoms with van der Waals surface area (Å²) in [4.78, 5) is 39.8. The van der Waals surface area contributed by atoms with Gasteiger partial charge in [0.15, 0.2) is 5.78 Å². The molecule has 1 saturated carbocycles. The van der Waals surface area contributed by atoms with Crippen LogP contribution in [0.4, 0.5) is 0 Å². The van der Waals surface area contributed by atoms with Crippen molar-refractivity contribution in [1.82, 2.24) is 0 Å². The van der Waals surface area contributed by atoms with Crippen LogP contribution >= 0.6 is 11.8 Å². The van der Waals surface area contributed by atoms with Gasteiger partial charge < -0.3 is 0 Å². The first-order valence-corrected chi connectivity index (χ1v) is 10.4. The van der Waals surface area contributed by atoms with Crippen molar-refractivity contribution in [3.8, 4) is 0 Å². The number of Topliss-reactive ketones (excluding diaryl/α,β-unsaturated/α-hetero) is 2. The molecular formula is C25H18O3S.